The minimum Gasteiger partial charge on any atom is -0.489 e. The van der Waals surface area contributed by atoms with Gasteiger partial charge < -0.3 is 14.6 Å². The Labute approximate surface area is 205 Å². The summed E-state index contributed by atoms with van der Waals surface area (Å²) in [5, 5.41) is 12.4. The first-order valence-corrected chi connectivity index (χ1v) is 11.4. The second kappa shape index (κ2) is 10.6. The van der Waals surface area contributed by atoms with E-state index in [-0.39, 0.29) is 5.57 Å². The highest BCUT2D eigenvalue weighted by atomic mass is 16.5. The van der Waals surface area contributed by atoms with Gasteiger partial charge in [-0.05, 0) is 80.4 Å². The van der Waals surface area contributed by atoms with Crippen LogP contribution in [0.2, 0.25) is 0 Å². The lowest BCUT2D eigenvalue weighted by Gasteiger charge is -2.11. The van der Waals surface area contributed by atoms with Crippen LogP contribution in [0.5, 0.6) is 5.75 Å². The maximum Gasteiger partial charge on any atom is 0.266 e. The Morgan fingerprint density at radius 3 is 2.31 bits per heavy atom. The Hall–Kier alpha value is -4.56. The van der Waals surface area contributed by atoms with E-state index in [1.54, 1.807) is 6.08 Å². The molecule has 1 aromatic heterocycles. The Bertz CT molecular complexity index is 1390. The molecule has 0 bridgehead atoms. The third-order valence-corrected chi connectivity index (χ3v) is 5.79. The monoisotopic (exact) mass is 461 g/mol. The SMILES string of the molecule is Cc1ccc(NC(=O)/C(C#N)=C\c2cc(C)n(-c3ccc(OCc4ccccc4)cc3)c2C)cc1. The molecule has 4 rings (SSSR count). The Morgan fingerprint density at radius 1 is 0.971 bits per heavy atom. The van der Waals surface area contributed by atoms with Crippen LogP contribution in [-0.4, -0.2) is 10.5 Å². The van der Waals surface area contributed by atoms with Gasteiger partial charge in [0.1, 0.15) is 24.0 Å². The molecule has 3 aromatic carbocycles. The van der Waals surface area contributed by atoms with Crippen molar-refractivity contribution in [2.45, 2.75) is 27.4 Å². The smallest absolute Gasteiger partial charge is 0.266 e. The van der Waals surface area contributed by atoms with Crippen molar-refractivity contribution >= 4 is 17.7 Å². The number of ether oxygens (including phenoxy) is 1. The molecule has 5 nitrogen and oxygen atoms in total. The summed E-state index contributed by atoms with van der Waals surface area (Å²) in [6.45, 7) is 6.47. The molecular weight excluding hydrogens is 434 g/mol. The molecule has 0 aliphatic carbocycles. The summed E-state index contributed by atoms with van der Waals surface area (Å²) in [4.78, 5) is 12.7. The van der Waals surface area contributed by atoms with Crippen molar-refractivity contribution in [3.63, 3.8) is 0 Å². The van der Waals surface area contributed by atoms with Crippen LogP contribution in [0.1, 0.15) is 28.1 Å². The van der Waals surface area contributed by atoms with E-state index < -0.39 is 5.91 Å². The highest BCUT2D eigenvalue weighted by molar-refractivity contribution is 6.09. The summed E-state index contributed by atoms with van der Waals surface area (Å²) >= 11 is 0. The van der Waals surface area contributed by atoms with Gasteiger partial charge in [0.15, 0.2) is 0 Å². The molecule has 0 fully saturated rings. The highest BCUT2D eigenvalue weighted by Gasteiger charge is 2.14. The maximum atomic E-state index is 12.7. The molecule has 0 aliphatic rings. The molecule has 1 N–H and O–H groups in total. The highest BCUT2D eigenvalue weighted by Crippen LogP contribution is 2.25. The van der Waals surface area contributed by atoms with E-state index in [1.807, 2.05) is 112 Å². The summed E-state index contributed by atoms with van der Waals surface area (Å²) in [6.07, 6.45) is 1.64. The van der Waals surface area contributed by atoms with Crippen molar-refractivity contribution in [2.75, 3.05) is 5.32 Å². The summed E-state index contributed by atoms with van der Waals surface area (Å²) in [7, 11) is 0. The molecule has 35 heavy (non-hydrogen) atoms. The molecule has 174 valence electrons. The zero-order chi connectivity index (χ0) is 24.8. The average molecular weight is 462 g/mol. The quantitative estimate of drug-likeness (QED) is 0.251. The molecular formula is C30H27N3O2. The lowest BCUT2D eigenvalue weighted by molar-refractivity contribution is -0.112. The first kappa shape index (κ1) is 23.6. The van der Waals surface area contributed by atoms with Crippen LogP contribution in [0.15, 0.2) is 90.5 Å². The summed E-state index contributed by atoms with van der Waals surface area (Å²) in [5.41, 5.74) is 6.67. The molecule has 5 heteroatoms. The zero-order valence-corrected chi connectivity index (χ0v) is 20.1. The van der Waals surface area contributed by atoms with Crippen LogP contribution in [-0.2, 0) is 11.4 Å². The normalized spacial score (nSPS) is 11.1. The van der Waals surface area contributed by atoms with Gasteiger partial charge in [-0.1, -0.05) is 48.0 Å². The fraction of sp³-hybridized carbons (Fsp3) is 0.133. The van der Waals surface area contributed by atoms with Gasteiger partial charge in [0.05, 0.1) is 0 Å². The zero-order valence-electron chi connectivity index (χ0n) is 20.1. The molecule has 4 aromatic rings. The van der Waals surface area contributed by atoms with E-state index in [2.05, 4.69) is 9.88 Å². The largest absolute Gasteiger partial charge is 0.489 e. The number of nitrogens with one attached hydrogen (secondary N) is 1. The van der Waals surface area contributed by atoms with Gasteiger partial charge in [-0.3, -0.25) is 4.79 Å². The third kappa shape index (κ3) is 5.69. The molecule has 0 spiro atoms. The van der Waals surface area contributed by atoms with Crippen molar-refractivity contribution in [3.8, 4) is 17.5 Å². The van der Waals surface area contributed by atoms with E-state index in [4.69, 9.17) is 4.74 Å². The third-order valence-electron chi connectivity index (χ3n) is 5.79. The molecule has 0 saturated carbocycles. The standard InChI is InChI=1S/C30H27N3O2/c1-21-9-11-27(12-10-21)32-30(34)26(19-31)18-25-17-22(2)33(23(25)3)28-13-15-29(16-14-28)35-20-24-7-5-4-6-8-24/h4-18H,20H2,1-3H3,(H,32,34)/b26-18-. The number of hydrogen-bond donors (Lipinski definition) is 1. The van der Waals surface area contributed by atoms with Crippen LogP contribution in [0.4, 0.5) is 5.69 Å². The number of amides is 1. The fourth-order valence-corrected chi connectivity index (χ4v) is 3.90. The van der Waals surface area contributed by atoms with Crippen molar-refractivity contribution in [2.24, 2.45) is 0 Å². The van der Waals surface area contributed by atoms with Gasteiger partial charge in [-0.2, -0.15) is 5.26 Å². The summed E-state index contributed by atoms with van der Waals surface area (Å²) in [5.74, 6) is 0.362. The predicted octanol–water partition coefficient (Wildman–Crippen LogP) is 6.53. The van der Waals surface area contributed by atoms with Crippen LogP contribution in [0, 0.1) is 32.1 Å². The number of hydrogen-bond acceptors (Lipinski definition) is 3. The minimum atomic E-state index is -0.430. The fourth-order valence-electron chi connectivity index (χ4n) is 3.90. The molecule has 0 radical (unpaired) electrons. The van der Waals surface area contributed by atoms with Gasteiger partial charge in [0, 0.05) is 22.8 Å². The van der Waals surface area contributed by atoms with Crippen molar-refractivity contribution in [3.05, 3.63) is 119 Å². The molecule has 0 unspecified atom stereocenters. The van der Waals surface area contributed by atoms with Crippen LogP contribution in [0.3, 0.4) is 0 Å². The van der Waals surface area contributed by atoms with Gasteiger partial charge >= 0.3 is 0 Å². The maximum absolute atomic E-state index is 12.7. The number of carbonyl (C=O) groups excluding carboxylic acids is 1. The number of rotatable bonds is 7. The average Bonchev–Trinajstić information content (AvgIpc) is 3.16. The van der Waals surface area contributed by atoms with Crippen molar-refractivity contribution in [1.29, 1.82) is 5.26 Å². The Kier molecular flexibility index (Phi) is 7.13. The van der Waals surface area contributed by atoms with E-state index in [0.29, 0.717) is 12.3 Å². The molecule has 0 saturated heterocycles. The van der Waals surface area contributed by atoms with Gasteiger partial charge in [-0.25, -0.2) is 0 Å². The molecule has 0 aliphatic heterocycles. The molecule has 1 heterocycles. The van der Waals surface area contributed by atoms with Crippen molar-refractivity contribution < 1.29 is 9.53 Å². The number of benzene rings is 3. The lowest BCUT2D eigenvalue weighted by atomic mass is 10.1. The topological polar surface area (TPSA) is 67.0 Å². The van der Waals surface area contributed by atoms with E-state index in [0.717, 1.165) is 39.5 Å². The minimum absolute atomic E-state index is 0.0514. The van der Waals surface area contributed by atoms with E-state index in [9.17, 15) is 10.1 Å². The van der Waals surface area contributed by atoms with Crippen molar-refractivity contribution in [1.82, 2.24) is 4.57 Å². The summed E-state index contributed by atoms with van der Waals surface area (Å²) in [6, 6.07) is 29.4. The van der Waals surface area contributed by atoms with Gasteiger partial charge in [-0.15, -0.1) is 0 Å². The lowest BCUT2D eigenvalue weighted by Crippen LogP contribution is -2.13. The van der Waals surface area contributed by atoms with E-state index in [1.165, 1.54) is 0 Å². The number of anilines is 1. The number of nitriles is 1. The van der Waals surface area contributed by atoms with Crippen LogP contribution < -0.4 is 10.1 Å². The number of carbonyl (C=O) groups is 1. The van der Waals surface area contributed by atoms with Crippen LogP contribution in [0.25, 0.3) is 11.8 Å². The van der Waals surface area contributed by atoms with E-state index >= 15 is 0 Å². The number of aryl methyl sites for hydroxylation is 2. The summed E-state index contributed by atoms with van der Waals surface area (Å²) < 4.78 is 8.00. The molecule has 0 atom stereocenters. The van der Waals surface area contributed by atoms with Gasteiger partial charge in [0.25, 0.3) is 5.91 Å². The second-order valence-electron chi connectivity index (χ2n) is 8.42. The Balaban J connectivity index is 1.51. The number of nitrogens with zero attached hydrogens (tertiary/aromatic N) is 2. The first-order valence-electron chi connectivity index (χ1n) is 11.4. The van der Waals surface area contributed by atoms with Gasteiger partial charge in [0.2, 0.25) is 0 Å². The first-order chi connectivity index (χ1) is 16.9. The predicted molar refractivity (Wildman–Crippen MR) is 139 cm³/mol. The number of aromatic nitrogens is 1. The molecule has 1 amide bonds. The Morgan fingerprint density at radius 2 is 1.66 bits per heavy atom. The van der Waals surface area contributed by atoms with Crippen LogP contribution >= 0.6 is 0 Å². The second-order valence-corrected chi connectivity index (χ2v) is 8.42.